The van der Waals surface area contributed by atoms with Gasteiger partial charge in [-0.15, -0.1) is 48.0 Å². The molecular formula is C61H55FIrN4O-2. The summed E-state index contributed by atoms with van der Waals surface area (Å²) in [6.07, 6.45) is 9.67. The maximum atomic E-state index is 13.2. The molecule has 5 nitrogen and oxygen atoms in total. The van der Waals surface area contributed by atoms with Crippen molar-refractivity contribution in [3.63, 3.8) is 0 Å². The summed E-state index contributed by atoms with van der Waals surface area (Å²) >= 11 is 0. The van der Waals surface area contributed by atoms with E-state index in [-0.39, 0.29) is 25.9 Å². The van der Waals surface area contributed by atoms with Gasteiger partial charge in [-0.05, 0) is 109 Å². The Bertz CT molecular complexity index is 3260. The summed E-state index contributed by atoms with van der Waals surface area (Å²) in [6, 6.07) is 51.4. The van der Waals surface area contributed by atoms with Gasteiger partial charge >= 0.3 is 0 Å². The summed E-state index contributed by atoms with van der Waals surface area (Å²) in [6.45, 7) is 17.8. The van der Waals surface area contributed by atoms with Crippen LogP contribution in [0.3, 0.4) is 0 Å². The zero-order chi connectivity index (χ0) is 46.8. The molecule has 0 N–H and O–H groups in total. The fraction of sp³-hybridized carbons (Fsp3) is 0.197. The van der Waals surface area contributed by atoms with E-state index in [1.54, 1.807) is 12.3 Å². The second-order valence-corrected chi connectivity index (χ2v) is 18.4. The molecule has 0 aliphatic rings. The number of rotatable bonds is 10. The average molecular weight is 1070 g/mol. The molecular weight excluding hydrogens is 1020 g/mol. The molecule has 4 heterocycles. The van der Waals surface area contributed by atoms with E-state index in [1.807, 2.05) is 42.9 Å². The van der Waals surface area contributed by atoms with E-state index in [4.69, 9.17) is 9.40 Å². The van der Waals surface area contributed by atoms with Gasteiger partial charge in [-0.2, -0.15) is 0 Å². The smallest absolute Gasteiger partial charge is 0.120 e. The summed E-state index contributed by atoms with van der Waals surface area (Å²) < 4.78 is 21.8. The Hall–Kier alpha value is -6.79. The third kappa shape index (κ3) is 9.65. The quantitative estimate of drug-likeness (QED) is 0.128. The summed E-state index contributed by atoms with van der Waals surface area (Å²) in [4.78, 5) is 13.8. The molecule has 0 unspecified atom stereocenters. The first kappa shape index (κ1) is 47.7. The number of para-hydroxylation sites is 1. The van der Waals surface area contributed by atoms with Gasteiger partial charge in [-0.1, -0.05) is 145 Å². The van der Waals surface area contributed by atoms with E-state index >= 15 is 0 Å². The van der Waals surface area contributed by atoms with Crippen LogP contribution in [0.15, 0.2) is 169 Å². The SMILES string of the molecule is CC(C)c1cc(-c2ccc(-c3ccccc3)cc2)cc(C(C)C)c1-n1ccnc1-c1[c-]ccc2c1oc1ccccc12.CC(C)c1cncc(C(C)C)c1-c1ccnc(-c2[c-]cc(F)cc2)c1.[Ir]. The largest absolute Gasteiger partial charge is 0.501 e. The van der Waals surface area contributed by atoms with Gasteiger partial charge in [0, 0.05) is 68.0 Å². The number of hydrogen-bond acceptors (Lipinski definition) is 4. The van der Waals surface area contributed by atoms with Crippen LogP contribution in [0.25, 0.3) is 83.7 Å². The third-order valence-electron chi connectivity index (χ3n) is 12.5. The molecule has 0 saturated carbocycles. The molecule has 0 spiro atoms. The molecule has 0 atom stereocenters. The van der Waals surface area contributed by atoms with Crippen LogP contribution < -0.4 is 0 Å². The predicted molar refractivity (Wildman–Crippen MR) is 274 cm³/mol. The third-order valence-corrected chi connectivity index (χ3v) is 12.5. The molecule has 1 radical (unpaired) electrons. The van der Waals surface area contributed by atoms with Crippen molar-refractivity contribution in [3.8, 4) is 61.7 Å². The van der Waals surface area contributed by atoms with Gasteiger partial charge in [0.1, 0.15) is 5.58 Å². The topological polar surface area (TPSA) is 56.7 Å². The minimum Gasteiger partial charge on any atom is -0.501 e. The summed E-state index contributed by atoms with van der Waals surface area (Å²) in [5.74, 6) is 1.90. The first-order chi connectivity index (χ1) is 32.5. The van der Waals surface area contributed by atoms with Crippen molar-refractivity contribution in [1.82, 2.24) is 19.5 Å². The fourth-order valence-corrected chi connectivity index (χ4v) is 9.02. The monoisotopic (exact) mass is 1070 g/mol. The van der Waals surface area contributed by atoms with Crippen LogP contribution in [0, 0.1) is 17.9 Å². The average Bonchev–Trinajstić information content (AvgIpc) is 3.99. The molecule has 68 heavy (non-hydrogen) atoms. The van der Waals surface area contributed by atoms with E-state index in [2.05, 4.69) is 179 Å². The number of furan rings is 1. The number of imidazole rings is 1. The van der Waals surface area contributed by atoms with Crippen LogP contribution in [0.4, 0.5) is 4.39 Å². The standard InChI is InChI=1S/C39H33N2O.C22H22FN2.Ir/c1-25(2)34-23-30(29-19-17-28(18-20-29)27-11-6-5-7-12-27)24-35(26(3)4)37(34)41-22-21-40-39(41)33-15-10-14-32-31-13-8-9-16-36(31)42-38(32)33;1-14(2)19-12-24-13-20(15(3)4)22(19)17-9-10-25-21(11-17)16-5-7-18(23)8-6-16;/h5-14,16-26H,1-4H3;5,7-15H,1-4H3;/q2*-1;. The second-order valence-electron chi connectivity index (χ2n) is 18.4. The van der Waals surface area contributed by atoms with Gasteiger partial charge < -0.3 is 14.0 Å². The van der Waals surface area contributed by atoms with Crippen LogP contribution in [0.2, 0.25) is 0 Å². The van der Waals surface area contributed by atoms with E-state index in [1.165, 1.54) is 67.9 Å². The van der Waals surface area contributed by atoms with E-state index < -0.39 is 0 Å². The van der Waals surface area contributed by atoms with Gasteiger partial charge in [-0.3, -0.25) is 14.4 Å². The minimum atomic E-state index is -0.293. The first-order valence-corrected chi connectivity index (χ1v) is 23.3. The molecule has 0 bridgehead atoms. The van der Waals surface area contributed by atoms with Gasteiger partial charge in [-0.25, -0.2) is 0 Å². The fourth-order valence-electron chi connectivity index (χ4n) is 9.02. The van der Waals surface area contributed by atoms with Crippen LogP contribution in [-0.2, 0) is 20.1 Å². The summed E-state index contributed by atoms with van der Waals surface area (Å²) in [5.41, 5.74) is 17.6. The van der Waals surface area contributed by atoms with E-state index in [0.29, 0.717) is 23.7 Å². The number of benzene rings is 6. The Kier molecular flexibility index (Phi) is 14.5. The van der Waals surface area contributed by atoms with Gasteiger partial charge in [0.25, 0.3) is 0 Å². The van der Waals surface area contributed by atoms with Gasteiger partial charge in [0.2, 0.25) is 0 Å². The van der Waals surface area contributed by atoms with Crippen LogP contribution in [0.1, 0.15) is 101 Å². The number of halogens is 1. The number of fused-ring (bicyclic) bond motifs is 3. The maximum absolute atomic E-state index is 13.2. The van der Waals surface area contributed by atoms with Crippen molar-refractivity contribution in [1.29, 1.82) is 0 Å². The minimum absolute atomic E-state index is 0. The number of hydrogen-bond donors (Lipinski definition) is 0. The molecule has 0 aliphatic heterocycles. The summed E-state index contributed by atoms with van der Waals surface area (Å²) in [5, 5.41) is 2.19. The zero-order valence-electron chi connectivity index (χ0n) is 39.8. The van der Waals surface area contributed by atoms with Crippen LogP contribution in [0.5, 0.6) is 0 Å². The normalized spacial score (nSPS) is 11.4. The Morgan fingerprint density at radius 3 is 1.81 bits per heavy atom. The Morgan fingerprint density at radius 2 is 1.18 bits per heavy atom. The first-order valence-electron chi connectivity index (χ1n) is 23.3. The van der Waals surface area contributed by atoms with Crippen molar-refractivity contribution in [2.24, 2.45) is 0 Å². The maximum Gasteiger partial charge on any atom is 0.120 e. The van der Waals surface area contributed by atoms with Gasteiger partial charge in [0.05, 0.1) is 11.4 Å². The Morgan fingerprint density at radius 1 is 0.559 bits per heavy atom. The molecule has 4 aromatic heterocycles. The Labute approximate surface area is 413 Å². The van der Waals surface area contributed by atoms with Crippen LogP contribution >= 0.6 is 0 Å². The van der Waals surface area contributed by atoms with Crippen molar-refractivity contribution < 1.29 is 28.9 Å². The van der Waals surface area contributed by atoms with Gasteiger partial charge in [0.15, 0.2) is 0 Å². The second kappa shape index (κ2) is 20.6. The van der Waals surface area contributed by atoms with Crippen molar-refractivity contribution in [2.45, 2.75) is 79.1 Å². The van der Waals surface area contributed by atoms with E-state index in [0.717, 1.165) is 50.1 Å². The number of pyridine rings is 2. The number of nitrogens with zero attached hydrogens (tertiary/aromatic N) is 4. The number of aromatic nitrogens is 4. The zero-order valence-corrected chi connectivity index (χ0v) is 42.2. The van der Waals surface area contributed by atoms with Crippen molar-refractivity contribution in [2.75, 3.05) is 0 Å². The van der Waals surface area contributed by atoms with E-state index in [9.17, 15) is 4.39 Å². The Balaban J connectivity index is 0.000000206. The van der Waals surface area contributed by atoms with Crippen molar-refractivity contribution in [3.05, 3.63) is 205 Å². The molecule has 10 aromatic rings. The molecule has 0 fully saturated rings. The van der Waals surface area contributed by atoms with Crippen LogP contribution in [-0.4, -0.2) is 19.5 Å². The molecule has 343 valence electrons. The molecule has 0 saturated heterocycles. The molecule has 0 aliphatic carbocycles. The predicted octanol–water partition coefficient (Wildman–Crippen LogP) is 16.8. The van der Waals surface area contributed by atoms with Crippen molar-refractivity contribution >= 4 is 21.9 Å². The molecule has 0 amide bonds. The molecule has 7 heteroatoms. The summed E-state index contributed by atoms with van der Waals surface area (Å²) in [7, 11) is 0. The molecule has 10 rings (SSSR count). The molecule has 6 aromatic carbocycles.